The second-order valence-electron chi connectivity index (χ2n) is 5.21. The monoisotopic (exact) mass is 351 g/mol. The molecule has 3 unspecified atom stereocenters. The van der Waals surface area contributed by atoms with Crippen molar-refractivity contribution < 1.29 is 5.11 Å². The molecule has 1 rings (SSSR count). The molecule has 1 aromatic rings. The molecule has 122 valence electrons. The normalized spacial score (nSPS) is 15.1. The minimum absolute atomic E-state index is 0. The quantitative estimate of drug-likeness (QED) is 0.641. The van der Waals surface area contributed by atoms with E-state index in [1.807, 2.05) is 24.5 Å². The fraction of sp³-hybridized carbons (Fsp3) is 0.625. The predicted octanol–water partition coefficient (Wildman–Crippen LogP) is 5.07. The molecule has 5 heteroatoms. The van der Waals surface area contributed by atoms with E-state index >= 15 is 0 Å². The van der Waals surface area contributed by atoms with Gasteiger partial charge in [0.25, 0.3) is 0 Å². The van der Waals surface area contributed by atoms with Crippen molar-refractivity contribution >= 4 is 35.8 Å². The van der Waals surface area contributed by atoms with E-state index in [-0.39, 0.29) is 18.4 Å². The van der Waals surface area contributed by atoms with Crippen LogP contribution in [0.2, 0.25) is 5.02 Å². The number of aliphatic hydroxyl groups is 1. The highest BCUT2D eigenvalue weighted by molar-refractivity contribution is 7.98. The van der Waals surface area contributed by atoms with Gasteiger partial charge in [0.1, 0.15) is 0 Å². The van der Waals surface area contributed by atoms with Gasteiger partial charge in [-0.15, -0.1) is 24.2 Å². The Morgan fingerprint density at radius 2 is 2.00 bits per heavy atom. The zero-order valence-electron chi connectivity index (χ0n) is 13.2. The van der Waals surface area contributed by atoms with Crippen LogP contribution in [-0.2, 0) is 0 Å². The first-order chi connectivity index (χ1) is 9.53. The number of hydrogen-bond acceptors (Lipinski definition) is 3. The van der Waals surface area contributed by atoms with Gasteiger partial charge >= 0.3 is 0 Å². The minimum Gasteiger partial charge on any atom is -0.387 e. The summed E-state index contributed by atoms with van der Waals surface area (Å²) in [4.78, 5) is 1.05. The van der Waals surface area contributed by atoms with Crippen LogP contribution in [0.4, 0.5) is 0 Å². The number of aliphatic hydroxyl groups excluding tert-OH is 1. The number of nitrogens with one attached hydrogen (secondary N) is 1. The lowest BCUT2D eigenvalue weighted by Gasteiger charge is -2.27. The van der Waals surface area contributed by atoms with Crippen LogP contribution in [0.25, 0.3) is 0 Å². The van der Waals surface area contributed by atoms with Gasteiger partial charge in [-0.1, -0.05) is 37.9 Å². The Morgan fingerprint density at radius 1 is 1.33 bits per heavy atom. The van der Waals surface area contributed by atoms with E-state index in [0.29, 0.717) is 11.1 Å². The lowest BCUT2D eigenvalue weighted by molar-refractivity contribution is 0.117. The molecule has 0 saturated carbocycles. The van der Waals surface area contributed by atoms with Gasteiger partial charge < -0.3 is 10.4 Å². The summed E-state index contributed by atoms with van der Waals surface area (Å²) in [5.41, 5.74) is 0.891. The van der Waals surface area contributed by atoms with Gasteiger partial charge in [-0.05, 0) is 43.7 Å². The van der Waals surface area contributed by atoms with Crippen LogP contribution in [0.1, 0.15) is 51.7 Å². The van der Waals surface area contributed by atoms with E-state index < -0.39 is 6.10 Å². The molecular weight excluding hydrogens is 325 g/mol. The van der Waals surface area contributed by atoms with Crippen molar-refractivity contribution in [3.63, 3.8) is 0 Å². The first-order valence-electron chi connectivity index (χ1n) is 7.31. The Balaban J connectivity index is 0.00000400. The van der Waals surface area contributed by atoms with Gasteiger partial charge in [-0.25, -0.2) is 0 Å². The summed E-state index contributed by atoms with van der Waals surface area (Å²) in [6.45, 7) is 6.44. The maximum atomic E-state index is 10.6. The number of halogens is 2. The third-order valence-corrected chi connectivity index (χ3v) is 4.83. The minimum atomic E-state index is -0.516. The van der Waals surface area contributed by atoms with E-state index in [1.165, 1.54) is 0 Å². The van der Waals surface area contributed by atoms with Gasteiger partial charge in [-0.3, -0.25) is 0 Å². The Bertz CT molecular complexity index is 417. The van der Waals surface area contributed by atoms with Crippen LogP contribution in [-0.4, -0.2) is 23.4 Å². The average Bonchev–Trinajstić information content (AvgIpc) is 2.45. The second-order valence-corrected chi connectivity index (χ2v) is 6.47. The van der Waals surface area contributed by atoms with Gasteiger partial charge in [-0.2, -0.15) is 0 Å². The van der Waals surface area contributed by atoms with Crippen LogP contribution in [0.3, 0.4) is 0 Å². The molecule has 0 aliphatic rings. The summed E-state index contributed by atoms with van der Waals surface area (Å²) < 4.78 is 0. The Hall–Kier alpha value is 0.0700. The highest BCUT2D eigenvalue weighted by Gasteiger charge is 2.21. The lowest BCUT2D eigenvalue weighted by Crippen LogP contribution is -2.40. The van der Waals surface area contributed by atoms with Crippen molar-refractivity contribution in [1.29, 1.82) is 0 Å². The standard InChI is InChI=1S/C16H26ClNOS.ClH/c1-5-7-14(18-11(3)6-2)16(19)12-8-9-15(20-4)13(17)10-12;/h8-11,14,16,18-19H,5-7H2,1-4H3;1H. The van der Waals surface area contributed by atoms with E-state index in [1.54, 1.807) is 11.8 Å². The van der Waals surface area contributed by atoms with Crippen LogP contribution in [0.15, 0.2) is 23.1 Å². The Labute approximate surface area is 144 Å². The molecular formula is C16H27Cl2NOS. The third-order valence-electron chi connectivity index (χ3n) is 3.61. The van der Waals surface area contributed by atoms with E-state index in [0.717, 1.165) is 29.7 Å². The van der Waals surface area contributed by atoms with Gasteiger partial charge in [0.15, 0.2) is 0 Å². The van der Waals surface area contributed by atoms with Crippen molar-refractivity contribution in [3.05, 3.63) is 28.8 Å². The maximum Gasteiger partial charge on any atom is 0.0943 e. The largest absolute Gasteiger partial charge is 0.387 e. The SMILES string of the molecule is CCCC(NC(C)CC)C(O)c1ccc(SC)c(Cl)c1.Cl. The fourth-order valence-electron chi connectivity index (χ4n) is 2.23. The summed E-state index contributed by atoms with van der Waals surface area (Å²) >= 11 is 7.86. The van der Waals surface area contributed by atoms with Crippen LogP contribution in [0.5, 0.6) is 0 Å². The number of hydrogen-bond donors (Lipinski definition) is 2. The molecule has 1 aromatic carbocycles. The first kappa shape index (κ1) is 21.1. The van der Waals surface area contributed by atoms with Crippen LogP contribution < -0.4 is 5.32 Å². The topological polar surface area (TPSA) is 32.3 Å². The fourth-order valence-corrected chi connectivity index (χ4v) is 3.10. The van der Waals surface area contributed by atoms with Gasteiger partial charge in [0.2, 0.25) is 0 Å². The van der Waals surface area contributed by atoms with Gasteiger partial charge in [0, 0.05) is 17.0 Å². The molecule has 2 nitrogen and oxygen atoms in total. The molecule has 21 heavy (non-hydrogen) atoms. The number of benzene rings is 1. The molecule has 0 spiro atoms. The van der Waals surface area contributed by atoms with Crippen molar-refractivity contribution in [1.82, 2.24) is 5.32 Å². The number of thioether (sulfide) groups is 1. The Morgan fingerprint density at radius 3 is 2.48 bits per heavy atom. The molecule has 0 heterocycles. The second kappa shape index (κ2) is 10.7. The summed E-state index contributed by atoms with van der Waals surface area (Å²) in [6, 6.07) is 6.33. The van der Waals surface area contributed by atoms with Crippen molar-refractivity contribution in [3.8, 4) is 0 Å². The smallest absolute Gasteiger partial charge is 0.0943 e. The molecule has 3 atom stereocenters. The maximum absolute atomic E-state index is 10.6. The van der Waals surface area contributed by atoms with Crippen molar-refractivity contribution in [2.24, 2.45) is 0 Å². The Kier molecular flexibility index (Phi) is 10.8. The zero-order valence-corrected chi connectivity index (χ0v) is 15.6. The molecule has 0 aliphatic carbocycles. The molecule has 0 bridgehead atoms. The van der Waals surface area contributed by atoms with Crippen LogP contribution in [0, 0.1) is 0 Å². The molecule has 2 N–H and O–H groups in total. The lowest BCUT2D eigenvalue weighted by atomic mass is 9.97. The molecule has 0 radical (unpaired) electrons. The summed E-state index contributed by atoms with van der Waals surface area (Å²) in [5.74, 6) is 0. The van der Waals surface area contributed by atoms with Crippen molar-refractivity contribution in [2.45, 2.75) is 63.1 Å². The highest BCUT2D eigenvalue weighted by atomic mass is 35.5. The molecule has 0 aliphatic heterocycles. The average molecular weight is 352 g/mol. The van der Waals surface area contributed by atoms with Crippen molar-refractivity contribution in [2.75, 3.05) is 6.26 Å². The molecule has 0 saturated heterocycles. The van der Waals surface area contributed by atoms with E-state index in [2.05, 4.69) is 26.1 Å². The molecule has 0 aromatic heterocycles. The summed E-state index contributed by atoms with van der Waals surface area (Å²) in [5, 5.41) is 14.8. The van der Waals surface area contributed by atoms with Crippen LogP contribution >= 0.6 is 35.8 Å². The summed E-state index contributed by atoms with van der Waals surface area (Å²) in [7, 11) is 0. The third kappa shape index (κ3) is 6.37. The molecule has 0 amide bonds. The first-order valence-corrected chi connectivity index (χ1v) is 8.91. The molecule has 0 fully saturated rings. The number of rotatable bonds is 8. The van der Waals surface area contributed by atoms with E-state index in [4.69, 9.17) is 11.6 Å². The van der Waals surface area contributed by atoms with Gasteiger partial charge in [0.05, 0.1) is 11.1 Å². The zero-order chi connectivity index (χ0) is 15.1. The highest BCUT2D eigenvalue weighted by Crippen LogP contribution is 2.30. The summed E-state index contributed by atoms with van der Waals surface area (Å²) in [6.07, 6.45) is 4.54. The van der Waals surface area contributed by atoms with E-state index in [9.17, 15) is 5.11 Å². The predicted molar refractivity (Wildman–Crippen MR) is 97.0 cm³/mol.